The molecule has 1 aliphatic heterocycles. The van der Waals surface area contributed by atoms with Crippen molar-refractivity contribution in [2.75, 3.05) is 32.9 Å². The second-order valence-corrected chi connectivity index (χ2v) is 7.38. The monoisotopic (exact) mass is 416 g/mol. The summed E-state index contributed by atoms with van der Waals surface area (Å²) in [6.07, 6.45) is 4.75. The Morgan fingerprint density at radius 2 is 2.27 bits per heavy atom. The minimum absolute atomic E-state index is 0.0810. The molecule has 1 atom stereocenters. The summed E-state index contributed by atoms with van der Waals surface area (Å²) >= 11 is 0. The van der Waals surface area contributed by atoms with Crippen molar-refractivity contribution in [3.8, 4) is 11.5 Å². The number of nitrogens with zero attached hydrogens (tertiary/aromatic N) is 2. The summed E-state index contributed by atoms with van der Waals surface area (Å²) in [5.74, 6) is 0.828. The standard InChI is InChI=1S/C22H29FN4O3/c1-2-25-21(27-15-22(7-10-28)8-11-29-16-22)26-13-17-5-6-20(19(23)12-17)30-18-4-3-9-24-14-18/h3-6,9,12,14,28H,2,7-8,10-11,13,15-16H2,1H3,(H2,25,26,27). The normalized spacial score (nSPS) is 19.0. The Balaban J connectivity index is 1.62. The van der Waals surface area contributed by atoms with Gasteiger partial charge in [0.1, 0.15) is 5.75 Å². The van der Waals surface area contributed by atoms with E-state index in [1.54, 1.807) is 30.5 Å². The number of hydrogen-bond donors (Lipinski definition) is 3. The zero-order valence-electron chi connectivity index (χ0n) is 17.2. The van der Waals surface area contributed by atoms with Crippen LogP contribution in [-0.2, 0) is 11.3 Å². The van der Waals surface area contributed by atoms with E-state index in [0.29, 0.717) is 51.0 Å². The maximum atomic E-state index is 14.4. The molecule has 3 N–H and O–H groups in total. The van der Waals surface area contributed by atoms with Gasteiger partial charge in [-0.2, -0.15) is 0 Å². The minimum Gasteiger partial charge on any atom is -0.453 e. The third-order valence-corrected chi connectivity index (χ3v) is 5.08. The Morgan fingerprint density at radius 1 is 1.37 bits per heavy atom. The summed E-state index contributed by atoms with van der Waals surface area (Å²) in [7, 11) is 0. The number of aliphatic imine (C=N–C) groups is 1. The van der Waals surface area contributed by atoms with Crippen LogP contribution in [-0.4, -0.2) is 49.0 Å². The highest BCUT2D eigenvalue weighted by atomic mass is 19.1. The number of halogens is 1. The first-order chi connectivity index (χ1) is 14.6. The molecule has 1 aromatic carbocycles. The number of pyridine rings is 1. The lowest BCUT2D eigenvalue weighted by Crippen LogP contribution is -2.44. The fourth-order valence-corrected chi connectivity index (χ4v) is 3.35. The molecule has 3 rings (SSSR count). The summed E-state index contributed by atoms with van der Waals surface area (Å²) in [4.78, 5) is 8.52. The number of aliphatic hydroxyl groups excluding tert-OH is 1. The molecule has 8 heteroatoms. The Bertz CT molecular complexity index is 826. The third kappa shape index (κ3) is 6.14. The first kappa shape index (κ1) is 22.0. The molecule has 2 aromatic rings. The van der Waals surface area contributed by atoms with Gasteiger partial charge in [-0.3, -0.25) is 4.98 Å². The first-order valence-corrected chi connectivity index (χ1v) is 10.2. The quantitative estimate of drug-likeness (QED) is 0.430. The van der Waals surface area contributed by atoms with Gasteiger partial charge >= 0.3 is 0 Å². The van der Waals surface area contributed by atoms with E-state index in [1.165, 1.54) is 12.3 Å². The molecule has 7 nitrogen and oxygen atoms in total. The van der Waals surface area contributed by atoms with Crippen LogP contribution in [0.3, 0.4) is 0 Å². The molecule has 1 aliphatic rings. The third-order valence-electron chi connectivity index (χ3n) is 5.08. The molecular weight excluding hydrogens is 387 g/mol. The molecule has 1 aromatic heterocycles. The van der Waals surface area contributed by atoms with Gasteiger partial charge in [0.2, 0.25) is 0 Å². The lowest BCUT2D eigenvalue weighted by Gasteiger charge is -2.27. The van der Waals surface area contributed by atoms with Crippen molar-refractivity contribution in [1.29, 1.82) is 0 Å². The van der Waals surface area contributed by atoms with Gasteiger partial charge < -0.3 is 25.2 Å². The van der Waals surface area contributed by atoms with Crippen LogP contribution in [0.15, 0.2) is 47.7 Å². The fraction of sp³-hybridized carbons (Fsp3) is 0.455. The highest BCUT2D eigenvalue weighted by Crippen LogP contribution is 2.31. The minimum atomic E-state index is -0.450. The molecule has 162 valence electrons. The van der Waals surface area contributed by atoms with E-state index < -0.39 is 5.82 Å². The van der Waals surface area contributed by atoms with Crippen LogP contribution in [0.2, 0.25) is 0 Å². The van der Waals surface area contributed by atoms with E-state index in [-0.39, 0.29) is 17.8 Å². The molecule has 2 heterocycles. The van der Waals surface area contributed by atoms with E-state index in [9.17, 15) is 9.50 Å². The van der Waals surface area contributed by atoms with Gasteiger partial charge in [0.15, 0.2) is 17.5 Å². The van der Waals surface area contributed by atoms with Crippen LogP contribution in [0.4, 0.5) is 4.39 Å². The van der Waals surface area contributed by atoms with Crippen LogP contribution in [0, 0.1) is 11.2 Å². The maximum absolute atomic E-state index is 14.4. The maximum Gasteiger partial charge on any atom is 0.191 e. The van der Waals surface area contributed by atoms with E-state index >= 15 is 0 Å². The molecule has 0 radical (unpaired) electrons. The number of benzene rings is 1. The average Bonchev–Trinajstić information content (AvgIpc) is 3.22. The van der Waals surface area contributed by atoms with Gasteiger partial charge in [-0.25, -0.2) is 9.38 Å². The van der Waals surface area contributed by atoms with E-state index in [4.69, 9.17) is 9.47 Å². The number of guanidine groups is 1. The zero-order chi connectivity index (χ0) is 21.2. The van der Waals surface area contributed by atoms with Crippen molar-refractivity contribution in [1.82, 2.24) is 15.6 Å². The summed E-state index contributed by atoms with van der Waals surface area (Å²) in [6.45, 7) is 5.15. The predicted octanol–water partition coefficient (Wildman–Crippen LogP) is 2.86. The molecule has 30 heavy (non-hydrogen) atoms. The second kappa shape index (κ2) is 10.9. The molecule has 0 spiro atoms. The summed E-state index contributed by atoms with van der Waals surface area (Å²) < 4.78 is 25.5. The fourth-order valence-electron chi connectivity index (χ4n) is 3.35. The number of nitrogens with one attached hydrogen (secondary N) is 2. The summed E-state index contributed by atoms with van der Waals surface area (Å²) in [5, 5.41) is 15.9. The van der Waals surface area contributed by atoms with Gasteiger partial charge in [-0.1, -0.05) is 6.07 Å². The predicted molar refractivity (Wildman–Crippen MR) is 113 cm³/mol. The second-order valence-electron chi connectivity index (χ2n) is 7.38. The van der Waals surface area contributed by atoms with Crippen molar-refractivity contribution < 1.29 is 19.0 Å². The molecule has 1 fully saturated rings. The van der Waals surface area contributed by atoms with E-state index in [1.807, 2.05) is 6.92 Å². The largest absolute Gasteiger partial charge is 0.453 e. The molecule has 1 saturated heterocycles. The molecule has 0 aliphatic carbocycles. The summed E-state index contributed by atoms with van der Waals surface area (Å²) in [5.41, 5.74) is 0.653. The van der Waals surface area contributed by atoms with Gasteiger partial charge in [-0.15, -0.1) is 0 Å². The molecule has 1 unspecified atom stereocenters. The number of aliphatic hydroxyl groups is 1. The Morgan fingerprint density at radius 3 is 2.93 bits per heavy atom. The van der Waals surface area contributed by atoms with Gasteiger partial charge in [0.05, 0.1) is 19.3 Å². The van der Waals surface area contributed by atoms with Gasteiger partial charge in [0.25, 0.3) is 0 Å². The molecule has 0 amide bonds. The van der Waals surface area contributed by atoms with Crippen LogP contribution in [0.5, 0.6) is 11.5 Å². The van der Waals surface area contributed by atoms with Crippen molar-refractivity contribution in [3.63, 3.8) is 0 Å². The summed E-state index contributed by atoms with van der Waals surface area (Å²) in [6, 6.07) is 8.27. The van der Waals surface area contributed by atoms with Crippen molar-refractivity contribution in [2.24, 2.45) is 10.4 Å². The van der Waals surface area contributed by atoms with Crippen LogP contribution in [0.1, 0.15) is 25.3 Å². The van der Waals surface area contributed by atoms with E-state index in [2.05, 4.69) is 20.6 Å². The van der Waals surface area contributed by atoms with Crippen LogP contribution in [0.25, 0.3) is 0 Å². The van der Waals surface area contributed by atoms with E-state index in [0.717, 1.165) is 12.0 Å². The lowest BCUT2D eigenvalue weighted by atomic mass is 9.84. The van der Waals surface area contributed by atoms with Crippen LogP contribution >= 0.6 is 0 Å². The number of rotatable bonds is 9. The zero-order valence-corrected chi connectivity index (χ0v) is 17.2. The van der Waals surface area contributed by atoms with Crippen molar-refractivity contribution >= 4 is 5.96 Å². The molecular formula is C22H29FN4O3. The smallest absolute Gasteiger partial charge is 0.191 e. The van der Waals surface area contributed by atoms with Crippen molar-refractivity contribution in [2.45, 2.75) is 26.3 Å². The first-order valence-electron chi connectivity index (χ1n) is 10.2. The number of ether oxygens (including phenoxy) is 2. The van der Waals surface area contributed by atoms with Crippen molar-refractivity contribution in [3.05, 3.63) is 54.1 Å². The highest BCUT2D eigenvalue weighted by molar-refractivity contribution is 5.79. The number of aromatic nitrogens is 1. The Labute approximate surface area is 176 Å². The van der Waals surface area contributed by atoms with Gasteiger partial charge in [0, 0.05) is 37.9 Å². The topological polar surface area (TPSA) is 88.0 Å². The van der Waals surface area contributed by atoms with Crippen LogP contribution < -0.4 is 15.4 Å². The SMILES string of the molecule is CCNC(=NCc1ccc(Oc2cccnc2)c(F)c1)NCC1(CCO)CCOC1. The molecule has 0 bridgehead atoms. The van der Waals surface area contributed by atoms with Gasteiger partial charge in [-0.05, 0) is 49.6 Å². The molecule has 0 saturated carbocycles. The average molecular weight is 416 g/mol. The Kier molecular flexibility index (Phi) is 7.98. The highest BCUT2D eigenvalue weighted by Gasteiger charge is 2.34. The number of hydrogen-bond acceptors (Lipinski definition) is 5. The lowest BCUT2D eigenvalue weighted by molar-refractivity contribution is 0.127. The Hall–Kier alpha value is -2.71.